The lowest BCUT2D eigenvalue weighted by Gasteiger charge is -2.12. The number of hydrogen-bond acceptors (Lipinski definition) is 3. The molecule has 4 nitrogen and oxygen atoms in total. The van der Waals surface area contributed by atoms with E-state index in [1.165, 1.54) is 0 Å². The van der Waals surface area contributed by atoms with Crippen LogP contribution in [0.25, 0.3) is 17.1 Å². The Morgan fingerprint density at radius 3 is 3.00 bits per heavy atom. The summed E-state index contributed by atoms with van der Waals surface area (Å²) < 4.78 is 0. The summed E-state index contributed by atoms with van der Waals surface area (Å²) >= 11 is 1.61. The van der Waals surface area contributed by atoms with Gasteiger partial charge in [-0.1, -0.05) is 12.1 Å². The predicted molar refractivity (Wildman–Crippen MR) is 85.9 cm³/mol. The molecule has 0 saturated heterocycles. The Balaban J connectivity index is 1.67. The van der Waals surface area contributed by atoms with Gasteiger partial charge in [0, 0.05) is 13.1 Å². The van der Waals surface area contributed by atoms with Gasteiger partial charge in [0.15, 0.2) is 0 Å². The second-order valence-electron chi connectivity index (χ2n) is 4.78. The molecule has 1 N–H and O–H groups in total. The molecule has 3 rings (SSSR count). The van der Waals surface area contributed by atoms with Gasteiger partial charge >= 0.3 is 0 Å². The Bertz CT molecular complexity index is 741. The topological polar surface area (TPSA) is 49.0 Å². The average molecular weight is 297 g/mol. The van der Waals surface area contributed by atoms with E-state index < -0.39 is 0 Å². The number of carbonyl (C=O) groups excluding carboxylic acids is 1. The summed E-state index contributed by atoms with van der Waals surface area (Å²) in [6, 6.07) is 9.82. The van der Waals surface area contributed by atoms with E-state index in [-0.39, 0.29) is 5.91 Å². The number of aromatic nitrogens is 2. The minimum Gasteiger partial charge on any atom is -0.340 e. The lowest BCUT2D eigenvalue weighted by atomic mass is 10.3. The first-order chi connectivity index (χ1) is 10.2. The molecular weight excluding hydrogens is 282 g/mol. The van der Waals surface area contributed by atoms with Gasteiger partial charge in [-0.15, -0.1) is 0 Å². The number of amides is 1. The zero-order valence-corrected chi connectivity index (χ0v) is 12.4. The van der Waals surface area contributed by atoms with Crippen LogP contribution in [0.2, 0.25) is 0 Å². The van der Waals surface area contributed by atoms with Crippen LogP contribution in [0.4, 0.5) is 0 Å². The highest BCUT2D eigenvalue weighted by Crippen LogP contribution is 2.12. The molecule has 5 heteroatoms. The van der Waals surface area contributed by atoms with Gasteiger partial charge in [0.25, 0.3) is 0 Å². The minimum absolute atomic E-state index is 0.0401. The number of carbonyl (C=O) groups is 1. The molecule has 0 atom stereocenters. The Labute approximate surface area is 126 Å². The van der Waals surface area contributed by atoms with Crippen LogP contribution < -0.4 is 0 Å². The number of aromatic amines is 1. The maximum Gasteiger partial charge on any atom is 0.246 e. The van der Waals surface area contributed by atoms with E-state index in [0.29, 0.717) is 6.54 Å². The van der Waals surface area contributed by atoms with Crippen molar-refractivity contribution in [3.05, 3.63) is 58.6 Å². The van der Waals surface area contributed by atoms with Crippen molar-refractivity contribution in [3.63, 3.8) is 0 Å². The van der Waals surface area contributed by atoms with Gasteiger partial charge in [0.1, 0.15) is 5.82 Å². The SMILES string of the molecule is CN(Cc1nc2ccccc2[nH]1)C(=O)/C=C\c1ccsc1. The zero-order chi connectivity index (χ0) is 14.7. The predicted octanol–water partition coefficient (Wildman–Crippen LogP) is 3.30. The fourth-order valence-corrected chi connectivity index (χ4v) is 2.68. The molecule has 0 aliphatic heterocycles. The number of rotatable bonds is 4. The van der Waals surface area contributed by atoms with E-state index in [9.17, 15) is 4.79 Å². The van der Waals surface area contributed by atoms with Crippen molar-refractivity contribution in [2.75, 3.05) is 7.05 Å². The monoisotopic (exact) mass is 297 g/mol. The van der Waals surface area contributed by atoms with Crippen LogP contribution in [-0.4, -0.2) is 27.8 Å². The molecule has 2 heterocycles. The summed E-state index contributed by atoms with van der Waals surface area (Å²) in [7, 11) is 1.77. The first-order valence-electron chi connectivity index (χ1n) is 6.61. The summed E-state index contributed by atoms with van der Waals surface area (Å²) in [5.74, 6) is 0.748. The van der Waals surface area contributed by atoms with E-state index in [0.717, 1.165) is 22.4 Å². The summed E-state index contributed by atoms with van der Waals surface area (Å²) in [5.41, 5.74) is 2.95. The number of benzene rings is 1. The molecule has 21 heavy (non-hydrogen) atoms. The van der Waals surface area contributed by atoms with Crippen LogP contribution >= 0.6 is 11.3 Å². The highest BCUT2D eigenvalue weighted by Gasteiger charge is 2.09. The van der Waals surface area contributed by atoms with E-state index in [4.69, 9.17) is 0 Å². The molecule has 0 fully saturated rings. The van der Waals surface area contributed by atoms with E-state index in [2.05, 4.69) is 9.97 Å². The second-order valence-corrected chi connectivity index (χ2v) is 5.56. The number of H-pyrrole nitrogens is 1. The van der Waals surface area contributed by atoms with Crippen LogP contribution in [0.3, 0.4) is 0 Å². The lowest BCUT2D eigenvalue weighted by molar-refractivity contribution is -0.125. The number of fused-ring (bicyclic) bond motifs is 1. The smallest absolute Gasteiger partial charge is 0.246 e. The standard InChI is InChI=1S/C16H15N3OS/c1-19(16(20)7-6-12-8-9-21-11-12)10-15-17-13-4-2-3-5-14(13)18-15/h2-9,11H,10H2,1H3,(H,17,18)/b7-6-. The lowest BCUT2D eigenvalue weighted by Crippen LogP contribution is -2.24. The Hall–Kier alpha value is -2.40. The number of imidazole rings is 1. The molecule has 1 amide bonds. The Morgan fingerprint density at radius 1 is 1.38 bits per heavy atom. The highest BCUT2D eigenvalue weighted by atomic mass is 32.1. The number of likely N-dealkylation sites (N-methyl/N-ethyl adjacent to an activating group) is 1. The van der Waals surface area contributed by atoms with Gasteiger partial charge in [-0.2, -0.15) is 11.3 Å². The summed E-state index contributed by atoms with van der Waals surface area (Å²) in [4.78, 5) is 21.4. The maximum absolute atomic E-state index is 12.1. The summed E-state index contributed by atoms with van der Waals surface area (Å²) in [6.07, 6.45) is 3.42. The number of thiophene rings is 1. The van der Waals surface area contributed by atoms with Crippen molar-refractivity contribution < 1.29 is 4.79 Å². The molecule has 2 aromatic heterocycles. The van der Waals surface area contributed by atoms with Crippen molar-refractivity contribution in [3.8, 4) is 0 Å². The third kappa shape index (κ3) is 3.20. The molecular formula is C16H15N3OS. The van der Waals surface area contributed by atoms with Gasteiger partial charge in [-0.05, 0) is 40.6 Å². The number of para-hydroxylation sites is 2. The zero-order valence-electron chi connectivity index (χ0n) is 11.6. The van der Waals surface area contributed by atoms with E-state index in [1.54, 1.807) is 29.4 Å². The molecule has 0 unspecified atom stereocenters. The number of hydrogen-bond donors (Lipinski definition) is 1. The number of nitrogens with one attached hydrogen (secondary N) is 1. The van der Waals surface area contributed by atoms with Crippen molar-refractivity contribution >= 4 is 34.4 Å². The normalized spacial score (nSPS) is 11.3. The molecule has 0 radical (unpaired) electrons. The first kappa shape index (κ1) is 13.6. The van der Waals surface area contributed by atoms with Gasteiger partial charge < -0.3 is 9.88 Å². The van der Waals surface area contributed by atoms with Crippen LogP contribution in [0.5, 0.6) is 0 Å². The highest BCUT2D eigenvalue weighted by molar-refractivity contribution is 7.08. The van der Waals surface area contributed by atoms with Crippen molar-refractivity contribution in [1.82, 2.24) is 14.9 Å². The number of nitrogens with zero attached hydrogens (tertiary/aromatic N) is 2. The van der Waals surface area contributed by atoms with Crippen molar-refractivity contribution in [2.45, 2.75) is 6.54 Å². The van der Waals surface area contributed by atoms with Crippen LogP contribution in [-0.2, 0) is 11.3 Å². The molecule has 0 spiro atoms. The quantitative estimate of drug-likeness (QED) is 0.751. The van der Waals surface area contributed by atoms with Gasteiger partial charge in [0.05, 0.1) is 17.6 Å². The molecule has 106 valence electrons. The molecule has 1 aromatic carbocycles. The largest absolute Gasteiger partial charge is 0.340 e. The summed E-state index contributed by atoms with van der Waals surface area (Å²) in [6.45, 7) is 0.460. The second kappa shape index (κ2) is 5.93. The van der Waals surface area contributed by atoms with Gasteiger partial charge in [0.2, 0.25) is 5.91 Å². The third-order valence-electron chi connectivity index (χ3n) is 3.16. The van der Waals surface area contributed by atoms with Crippen LogP contribution in [0.15, 0.2) is 47.2 Å². The molecule has 0 saturated carbocycles. The Morgan fingerprint density at radius 2 is 2.24 bits per heavy atom. The van der Waals surface area contributed by atoms with E-state index >= 15 is 0 Å². The third-order valence-corrected chi connectivity index (χ3v) is 3.86. The van der Waals surface area contributed by atoms with Gasteiger partial charge in [-0.3, -0.25) is 4.79 Å². The molecule has 3 aromatic rings. The average Bonchev–Trinajstić information content (AvgIpc) is 3.13. The van der Waals surface area contributed by atoms with E-state index in [1.807, 2.05) is 47.2 Å². The minimum atomic E-state index is -0.0401. The fraction of sp³-hybridized carbons (Fsp3) is 0.125. The maximum atomic E-state index is 12.1. The van der Waals surface area contributed by atoms with Crippen LogP contribution in [0.1, 0.15) is 11.4 Å². The fourth-order valence-electron chi connectivity index (χ4n) is 2.05. The van der Waals surface area contributed by atoms with Gasteiger partial charge in [-0.25, -0.2) is 4.98 Å². The van der Waals surface area contributed by atoms with Crippen LogP contribution in [0, 0.1) is 0 Å². The molecule has 0 aliphatic carbocycles. The first-order valence-corrected chi connectivity index (χ1v) is 7.55. The summed E-state index contributed by atoms with van der Waals surface area (Å²) in [5, 5.41) is 3.99. The van der Waals surface area contributed by atoms with Crippen molar-refractivity contribution in [1.29, 1.82) is 0 Å². The molecule has 0 bridgehead atoms. The Kier molecular flexibility index (Phi) is 3.83. The van der Waals surface area contributed by atoms with Crippen molar-refractivity contribution in [2.24, 2.45) is 0 Å². The molecule has 0 aliphatic rings.